The lowest BCUT2D eigenvalue weighted by Gasteiger charge is -2.22. The summed E-state index contributed by atoms with van der Waals surface area (Å²) in [5.41, 5.74) is 2.19. The maximum atomic E-state index is 13.5. The Kier molecular flexibility index (Phi) is 9.05. The second kappa shape index (κ2) is 12.7. The van der Waals surface area contributed by atoms with Crippen LogP contribution in [0.4, 0.5) is 0 Å². The molecule has 1 aliphatic rings. The Morgan fingerprint density at radius 2 is 1.87 bits per heavy atom. The van der Waals surface area contributed by atoms with Crippen molar-refractivity contribution in [2.45, 2.75) is 51.6 Å². The van der Waals surface area contributed by atoms with Crippen LogP contribution >= 0.6 is 43.5 Å². The van der Waals surface area contributed by atoms with Crippen molar-refractivity contribution in [3.05, 3.63) is 95.9 Å². The summed E-state index contributed by atoms with van der Waals surface area (Å²) >= 11 is 13.7. The van der Waals surface area contributed by atoms with Crippen LogP contribution in [0.2, 0.25) is 5.02 Å². The zero-order chi connectivity index (χ0) is 27.4. The second-order valence-corrected chi connectivity index (χ2v) is 11.6. The van der Waals surface area contributed by atoms with Crippen LogP contribution in [0.3, 0.4) is 0 Å². The molecule has 0 amide bonds. The molecule has 0 bridgehead atoms. The number of ether oxygens (including phenoxy) is 2. The van der Waals surface area contributed by atoms with Crippen molar-refractivity contribution in [3.8, 4) is 11.5 Å². The summed E-state index contributed by atoms with van der Waals surface area (Å²) in [6.07, 6.45) is 7.10. The molecule has 1 aliphatic carbocycles. The number of halogens is 3. The van der Waals surface area contributed by atoms with E-state index in [-0.39, 0.29) is 11.5 Å². The largest absolute Gasteiger partial charge is 0.490 e. The lowest BCUT2D eigenvalue weighted by Crippen LogP contribution is -2.25. The third-order valence-corrected chi connectivity index (χ3v) is 8.30. The fourth-order valence-corrected chi connectivity index (χ4v) is 6.29. The molecule has 9 heteroatoms. The van der Waals surface area contributed by atoms with Crippen molar-refractivity contribution in [2.24, 2.45) is 5.10 Å². The molecule has 1 heterocycles. The number of para-hydroxylation sites is 1. The van der Waals surface area contributed by atoms with E-state index >= 15 is 0 Å². The van der Waals surface area contributed by atoms with Gasteiger partial charge < -0.3 is 9.47 Å². The van der Waals surface area contributed by atoms with Gasteiger partial charge in [0.05, 0.1) is 28.7 Å². The van der Waals surface area contributed by atoms with Crippen molar-refractivity contribution >= 4 is 60.6 Å². The summed E-state index contributed by atoms with van der Waals surface area (Å²) in [6.45, 7) is 2.65. The lowest BCUT2D eigenvalue weighted by molar-refractivity contribution is 0.269. The van der Waals surface area contributed by atoms with Crippen LogP contribution in [0.25, 0.3) is 10.9 Å². The number of aromatic nitrogens is 2. The van der Waals surface area contributed by atoms with Gasteiger partial charge in [0.1, 0.15) is 12.4 Å². The van der Waals surface area contributed by atoms with Gasteiger partial charge in [-0.25, -0.2) is 4.98 Å². The average Bonchev–Trinajstić information content (AvgIpc) is 2.93. The summed E-state index contributed by atoms with van der Waals surface area (Å²) in [5.74, 6) is 1.88. The molecule has 0 atom stereocenters. The van der Waals surface area contributed by atoms with Crippen molar-refractivity contribution in [3.63, 3.8) is 0 Å². The van der Waals surface area contributed by atoms with E-state index in [0.717, 1.165) is 40.2 Å². The van der Waals surface area contributed by atoms with Gasteiger partial charge in [-0.3, -0.25) is 4.79 Å². The normalized spacial score (nSPS) is 14.3. The topological polar surface area (TPSA) is 65.7 Å². The number of hydrogen-bond acceptors (Lipinski definition) is 5. The van der Waals surface area contributed by atoms with Crippen LogP contribution in [0.15, 0.2) is 73.4 Å². The summed E-state index contributed by atoms with van der Waals surface area (Å²) in [5, 5.41) is 5.58. The quantitative estimate of drug-likeness (QED) is 0.176. The van der Waals surface area contributed by atoms with E-state index in [4.69, 9.17) is 26.1 Å². The Morgan fingerprint density at radius 3 is 2.64 bits per heavy atom. The van der Waals surface area contributed by atoms with E-state index in [1.807, 2.05) is 49.4 Å². The van der Waals surface area contributed by atoms with E-state index < -0.39 is 0 Å². The fraction of sp³-hybridized carbons (Fsp3) is 0.300. The molecule has 6 nitrogen and oxygen atoms in total. The number of hydrogen-bond donors (Lipinski definition) is 0. The van der Waals surface area contributed by atoms with Crippen molar-refractivity contribution in [2.75, 3.05) is 6.61 Å². The standard InChI is InChI=1S/C30H28Br2ClN3O3/c1-2-38-27-15-19(14-25(33)28(27)39-18-21-12-13-22(31)16-24(21)32)17-34-36-29(20-8-4-3-5-9-20)35-26-11-7-6-10-23(26)30(36)37/h6-7,10-17,20H,2-5,8-9,18H2,1H3. The van der Waals surface area contributed by atoms with Gasteiger partial charge in [0.2, 0.25) is 0 Å². The smallest absolute Gasteiger partial charge is 0.282 e. The van der Waals surface area contributed by atoms with Gasteiger partial charge in [-0.15, -0.1) is 0 Å². The van der Waals surface area contributed by atoms with Gasteiger partial charge in [0, 0.05) is 20.4 Å². The fourth-order valence-electron chi connectivity index (χ4n) is 4.86. The summed E-state index contributed by atoms with van der Waals surface area (Å²) in [7, 11) is 0. The van der Waals surface area contributed by atoms with E-state index in [9.17, 15) is 4.79 Å². The van der Waals surface area contributed by atoms with E-state index in [0.29, 0.717) is 52.0 Å². The molecule has 202 valence electrons. The Bertz CT molecular complexity index is 1580. The van der Waals surface area contributed by atoms with Gasteiger partial charge in [0.15, 0.2) is 11.5 Å². The molecular formula is C30H28Br2ClN3O3. The zero-order valence-corrected chi connectivity index (χ0v) is 25.4. The minimum atomic E-state index is -0.173. The average molecular weight is 674 g/mol. The van der Waals surface area contributed by atoms with Crippen molar-refractivity contribution in [1.29, 1.82) is 0 Å². The van der Waals surface area contributed by atoms with Crippen molar-refractivity contribution < 1.29 is 9.47 Å². The molecular weight excluding hydrogens is 646 g/mol. The maximum absolute atomic E-state index is 13.5. The first-order chi connectivity index (χ1) is 18.9. The molecule has 0 spiro atoms. The minimum absolute atomic E-state index is 0.173. The van der Waals surface area contributed by atoms with Gasteiger partial charge in [0.25, 0.3) is 5.56 Å². The summed E-state index contributed by atoms with van der Waals surface area (Å²) < 4.78 is 15.3. The molecule has 0 N–H and O–H groups in total. The van der Waals surface area contributed by atoms with Crippen LogP contribution in [-0.2, 0) is 6.61 Å². The molecule has 4 aromatic rings. The van der Waals surface area contributed by atoms with E-state index in [2.05, 4.69) is 37.0 Å². The summed E-state index contributed by atoms with van der Waals surface area (Å²) in [4.78, 5) is 18.4. The molecule has 1 aromatic heterocycles. The minimum Gasteiger partial charge on any atom is -0.490 e. The third-order valence-electron chi connectivity index (χ3n) is 6.79. The lowest BCUT2D eigenvalue weighted by atomic mass is 9.88. The Balaban J connectivity index is 1.49. The van der Waals surface area contributed by atoms with Crippen LogP contribution in [-0.4, -0.2) is 22.5 Å². The van der Waals surface area contributed by atoms with Gasteiger partial charge in [-0.05, 0) is 61.7 Å². The first-order valence-corrected chi connectivity index (χ1v) is 15.0. The number of benzene rings is 3. The van der Waals surface area contributed by atoms with Gasteiger partial charge in [-0.2, -0.15) is 9.78 Å². The third kappa shape index (κ3) is 6.39. The Morgan fingerprint density at radius 1 is 1.08 bits per heavy atom. The highest BCUT2D eigenvalue weighted by molar-refractivity contribution is 9.11. The zero-order valence-electron chi connectivity index (χ0n) is 21.5. The molecule has 0 radical (unpaired) electrons. The van der Waals surface area contributed by atoms with Gasteiger partial charge >= 0.3 is 0 Å². The van der Waals surface area contributed by atoms with E-state index in [1.54, 1.807) is 18.3 Å². The highest BCUT2D eigenvalue weighted by atomic mass is 79.9. The van der Waals surface area contributed by atoms with Crippen molar-refractivity contribution in [1.82, 2.24) is 9.66 Å². The summed E-state index contributed by atoms with van der Waals surface area (Å²) in [6, 6.07) is 16.9. The molecule has 3 aromatic carbocycles. The first-order valence-electron chi connectivity index (χ1n) is 13.0. The highest BCUT2D eigenvalue weighted by Gasteiger charge is 2.22. The monoisotopic (exact) mass is 671 g/mol. The van der Waals surface area contributed by atoms with Gasteiger partial charge in [-0.1, -0.05) is 80.9 Å². The molecule has 1 fully saturated rings. The molecule has 5 rings (SSSR count). The molecule has 39 heavy (non-hydrogen) atoms. The second-order valence-electron chi connectivity index (χ2n) is 9.47. The molecule has 0 saturated heterocycles. The molecule has 0 aliphatic heterocycles. The predicted molar refractivity (Wildman–Crippen MR) is 164 cm³/mol. The predicted octanol–water partition coefficient (Wildman–Crippen LogP) is 8.48. The molecule has 1 saturated carbocycles. The Hall–Kier alpha value is -2.68. The maximum Gasteiger partial charge on any atom is 0.282 e. The van der Waals surface area contributed by atoms with Crippen LogP contribution < -0.4 is 15.0 Å². The SMILES string of the molecule is CCOc1cc(C=Nn2c(C3CCCCC3)nc3ccccc3c2=O)cc(Cl)c1OCc1ccc(Br)cc1Br. The highest BCUT2D eigenvalue weighted by Crippen LogP contribution is 2.38. The molecule has 0 unspecified atom stereocenters. The van der Waals surface area contributed by atoms with Crippen LogP contribution in [0.5, 0.6) is 11.5 Å². The first kappa shape index (κ1) is 27.9. The number of fused-ring (bicyclic) bond motifs is 1. The Labute approximate surface area is 249 Å². The van der Waals surface area contributed by atoms with E-state index in [1.165, 1.54) is 11.1 Å². The number of nitrogens with zero attached hydrogens (tertiary/aromatic N) is 3. The van der Waals surface area contributed by atoms with Crippen LogP contribution in [0, 0.1) is 0 Å². The van der Waals surface area contributed by atoms with Crippen LogP contribution in [0.1, 0.15) is 61.9 Å². The number of rotatable bonds is 8.